The molecule has 4 rings (SSSR count). The maximum absolute atomic E-state index is 13.2. The fraction of sp³-hybridized carbons (Fsp3) is 0.273. The van der Waals surface area contributed by atoms with Crippen molar-refractivity contribution in [2.75, 3.05) is 19.7 Å². The van der Waals surface area contributed by atoms with Crippen molar-refractivity contribution in [3.8, 4) is 0 Å². The van der Waals surface area contributed by atoms with E-state index < -0.39 is 5.41 Å². The SMILES string of the molecule is O=C(c1ccc(Cl)c2ncccc12)N1CCC(CO)(Cc2ccc(F)cc2)C1. The summed E-state index contributed by atoms with van der Waals surface area (Å²) in [7, 11) is 0. The summed E-state index contributed by atoms with van der Waals surface area (Å²) in [6.07, 6.45) is 2.94. The summed E-state index contributed by atoms with van der Waals surface area (Å²) in [6.45, 7) is 0.978. The van der Waals surface area contributed by atoms with E-state index in [1.54, 1.807) is 41.4 Å². The number of hydrogen-bond acceptors (Lipinski definition) is 3. The molecule has 1 unspecified atom stereocenters. The maximum atomic E-state index is 13.2. The highest BCUT2D eigenvalue weighted by Gasteiger charge is 2.40. The molecule has 1 N–H and O–H groups in total. The van der Waals surface area contributed by atoms with E-state index in [1.807, 2.05) is 6.07 Å². The van der Waals surface area contributed by atoms with E-state index in [-0.39, 0.29) is 18.3 Å². The number of carbonyl (C=O) groups is 1. The quantitative estimate of drug-likeness (QED) is 0.720. The minimum absolute atomic E-state index is 0.0307. The summed E-state index contributed by atoms with van der Waals surface area (Å²) in [5.41, 5.74) is 1.69. The lowest BCUT2D eigenvalue weighted by molar-refractivity contribution is 0.0741. The lowest BCUT2D eigenvalue weighted by Crippen LogP contribution is -2.35. The number of amides is 1. The van der Waals surface area contributed by atoms with Gasteiger partial charge in [0.1, 0.15) is 5.82 Å². The van der Waals surface area contributed by atoms with Gasteiger partial charge >= 0.3 is 0 Å². The first-order valence-corrected chi connectivity index (χ1v) is 9.57. The molecule has 0 bridgehead atoms. The van der Waals surface area contributed by atoms with Crippen LogP contribution in [0.3, 0.4) is 0 Å². The number of aliphatic hydroxyl groups excluding tert-OH is 1. The Balaban J connectivity index is 1.59. The number of fused-ring (bicyclic) bond motifs is 1. The number of halogens is 2. The number of likely N-dealkylation sites (tertiary alicyclic amines) is 1. The molecule has 2 heterocycles. The van der Waals surface area contributed by atoms with Crippen LogP contribution in [0.15, 0.2) is 54.7 Å². The first kappa shape index (κ1) is 18.8. The van der Waals surface area contributed by atoms with Gasteiger partial charge in [-0.1, -0.05) is 29.8 Å². The average molecular weight is 399 g/mol. The van der Waals surface area contributed by atoms with Crippen LogP contribution in [-0.2, 0) is 6.42 Å². The van der Waals surface area contributed by atoms with Gasteiger partial charge in [0.25, 0.3) is 5.91 Å². The van der Waals surface area contributed by atoms with Gasteiger partial charge in [0.05, 0.1) is 17.1 Å². The van der Waals surface area contributed by atoms with E-state index in [4.69, 9.17) is 11.6 Å². The van der Waals surface area contributed by atoms with Crippen molar-refractivity contribution in [2.45, 2.75) is 12.8 Å². The molecule has 1 aromatic heterocycles. The topological polar surface area (TPSA) is 53.4 Å². The second-order valence-corrected chi connectivity index (χ2v) is 7.84. The van der Waals surface area contributed by atoms with E-state index >= 15 is 0 Å². The molecule has 0 saturated carbocycles. The third-order valence-electron chi connectivity index (χ3n) is 5.50. The van der Waals surface area contributed by atoms with Gasteiger partial charge in [-0.2, -0.15) is 0 Å². The molecular formula is C22H20ClFN2O2. The molecule has 1 amide bonds. The van der Waals surface area contributed by atoms with E-state index in [1.165, 1.54) is 12.1 Å². The molecule has 1 aliphatic heterocycles. The summed E-state index contributed by atoms with van der Waals surface area (Å²) in [5, 5.41) is 11.3. The Morgan fingerprint density at radius 1 is 1.21 bits per heavy atom. The molecule has 4 nitrogen and oxygen atoms in total. The Bertz CT molecular complexity index is 1020. The summed E-state index contributed by atoms with van der Waals surface area (Å²) in [4.78, 5) is 19.3. The largest absolute Gasteiger partial charge is 0.396 e. The second kappa shape index (κ2) is 7.49. The van der Waals surface area contributed by atoms with Gasteiger partial charge in [0, 0.05) is 35.7 Å². The highest BCUT2D eigenvalue weighted by Crippen LogP contribution is 2.35. The first-order chi connectivity index (χ1) is 13.5. The van der Waals surface area contributed by atoms with Crippen LogP contribution in [0.5, 0.6) is 0 Å². The van der Waals surface area contributed by atoms with Crippen LogP contribution in [-0.4, -0.2) is 40.6 Å². The van der Waals surface area contributed by atoms with Crippen LogP contribution in [0.25, 0.3) is 10.9 Å². The van der Waals surface area contributed by atoms with Gasteiger partial charge < -0.3 is 10.0 Å². The molecule has 28 heavy (non-hydrogen) atoms. The Labute approximate surface area is 167 Å². The van der Waals surface area contributed by atoms with Gasteiger partial charge in [-0.25, -0.2) is 4.39 Å². The van der Waals surface area contributed by atoms with E-state index in [0.717, 1.165) is 10.9 Å². The molecule has 6 heteroatoms. The third-order valence-corrected chi connectivity index (χ3v) is 5.81. The van der Waals surface area contributed by atoms with Crippen LogP contribution in [0, 0.1) is 11.2 Å². The number of hydrogen-bond donors (Lipinski definition) is 1. The normalized spacial score (nSPS) is 19.3. The minimum atomic E-state index is -0.423. The lowest BCUT2D eigenvalue weighted by atomic mass is 9.81. The fourth-order valence-electron chi connectivity index (χ4n) is 3.97. The van der Waals surface area contributed by atoms with Crippen molar-refractivity contribution in [1.82, 2.24) is 9.88 Å². The van der Waals surface area contributed by atoms with Crippen molar-refractivity contribution in [3.05, 3.63) is 76.7 Å². The van der Waals surface area contributed by atoms with Crippen LogP contribution >= 0.6 is 11.6 Å². The van der Waals surface area contributed by atoms with Crippen LogP contribution < -0.4 is 0 Å². The predicted octanol–water partition coefficient (Wildman–Crippen LogP) is 4.09. The zero-order valence-electron chi connectivity index (χ0n) is 15.2. The number of aliphatic hydroxyl groups is 1. The van der Waals surface area contributed by atoms with Crippen molar-refractivity contribution >= 4 is 28.4 Å². The molecule has 0 spiro atoms. The predicted molar refractivity (Wildman–Crippen MR) is 107 cm³/mol. The third kappa shape index (κ3) is 3.48. The number of nitrogens with zero attached hydrogens (tertiary/aromatic N) is 2. The summed E-state index contributed by atoms with van der Waals surface area (Å²) >= 11 is 6.22. The molecule has 1 atom stereocenters. The maximum Gasteiger partial charge on any atom is 0.254 e. The Kier molecular flexibility index (Phi) is 5.04. The Morgan fingerprint density at radius 3 is 2.75 bits per heavy atom. The Hall–Kier alpha value is -2.50. The monoisotopic (exact) mass is 398 g/mol. The van der Waals surface area contributed by atoms with E-state index in [9.17, 15) is 14.3 Å². The highest BCUT2D eigenvalue weighted by atomic mass is 35.5. The van der Waals surface area contributed by atoms with Crippen molar-refractivity contribution < 1.29 is 14.3 Å². The molecule has 0 radical (unpaired) electrons. The zero-order valence-corrected chi connectivity index (χ0v) is 16.0. The molecule has 144 valence electrons. The van der Waals surface area contributed by atoms with Crippen LogP contribution in [0.2, 0.25) is 5.02 Å². The summed E-state index contributed by atoms with van der Waals surface area (Å²) in [6, 6.07) is 13.4. The molecule has 2 aromatic carbocycles. The minimum Gasteiger partial charge on any atom is -0.396 e. The molecule has 1 saturated heterocycles. The Morgan fingerprint density at radius 2 is 2.00 bits per heavy atom. The number of pyridine rings is 1. The van der Waals surface area contributed by atoms with Crippen LogP contribution in [0.4, 0.5) is 4.39 Å². The standard InChI is InChI=1S/C22H20ClFN2O2/c23-19-8-7-18(17-2-1-10-25-20(17)19)21(28)26-11-9-22(13-26,14-27)12-15-3-5-16(24)6-4-15/h1-8,10,27H,9,11-14H2. The van der Waals surface area contributed by atoms with Crippen molar-refractivity contribution in [1.29, 1.82) is 0 Å². The van der Waals surface area contributed by atoms with Gasteiger partial charge in [0.15, 0.2) is 0 Å². The van der Waals surface area contributed by atoms with Gasteiger partial charge in [0.2, 0.25) is 0 Å². The van der Waals surface area contributed by atoms with Gasteiger partial charge in [-0.15, -0.1) is 0 Å². The molecule has 0 aliphatic carbocycles. The number of carbonyl (C=O) groups excluding carboxylic acids is 1. The summed E-state index contributed by atoms with van der Waals surface area (Å²) in [5.74, 6) is -0.377. The molecule has 1 fully saturated rings. The molecule has 3 aromatic rings. The molecule has 1 aliphatic rings. The van der Waals surface area contributed by atoms with E-state index in [0.29, 0.717) is 42.0 Å². The number of rotatable bonds is 4. The summed E-state index contributed by atoms with van der Waals surface area (Å²) < 4.78 is 13.2. The van der Waals surface area contributed by atoms with E-state index in [2.05, 4.69) is 4.98 Å². The second-order valence-electron chi connectivity index (χ2n) is 7.43. The van der Waals surface area contributed by atoms with Crippen molar-refractivity contribution in [2.24, 2.45) is 5.41 Å². The van der Waals surface area contributed by atoms with Gasteiger partial charge in [-0.3, -0.25) is 9.78 Å². The zero-order chi connectivity index (χ0) is 19.7. The smallest absolute Gasteiger partial charge is 0.254 e. The highest BCUT2D eigenvalue weighted by molar-refractivity contribution is 6.35. The first-order valence-electron chi connectivity index (χ1n) is 9.19. The van der Waals surface area contributed by atoms with Crippen LogP contribution in [0.1, 0.15) is 22.3 Å². The molecular weight excluding hydrogens is 379 g/mol. The fourth-order valence-corrected chi connectivity index (χ4v) is 4.18. The van der Waals surface area contributed by atoms with Crippen molar-refractivity contribution in [3.63, 3.8) is 0 Å². The lowest BCUT2D eigenvalue weighted by Gasteiger charge is -2.27. The van der Waals surface area contributed by atoms with Gasteiger partial charge in [-0.05, 0) is 48.7 Å². The number of aromatic nitrogens is 1. The average Bonchev–Trinajstić information content (AvgIpc) is 3.14. The number of benzene rings is 2.